The Morgan fingerprint density at radius 3 is 3.00 bits per heavy atom. The molecule has 0 spiro atoms. The van der Waals surface area contributed by atoms with Gasteiger partial charge in [-0.2, -0.15) is 0 Å². The average Bonchev–Trinajstić information content (AvgIpc) is 2.58. The minimum atomic E-state index is 0.561. The Morgan fingerprint density at radius 1 is 1.25 bits per heavy atom. The van der Waals surface area contributed by atoms with Crippen LogP contribution in [0.5, 0.6) is 5.75 Å². The van der Waals surface area contributed by atoms with Crippen LogP contribution in [0.15, 0.2) is 24.3 Å². The summed E-state index contributed by atoms with van der Waals surface area (Å²) >= 11 is 0. The van der Waals surface area contributed by atoms with Gasteiger partial charge in [0.05, 0.1) is 12.8 Å². The fraction of sp³-hybridized carbons (Fsp3) is 0.538. The first-order valence-electron chi connectivity index (χ1n) is 6.00. The second-order valence-corrected chi connectivity index (χ2v) is 4.22. The number of nitrogens with one attached hydrogen (secondary N) is 2. The van der Waals surface area contributed by atoms with E-state index in [-0.39, 0.29) is 0 Å². The molecule has 0 amide bonds. The van der Waals surface area contributed by atoms with Crippen molar-refractivity contribution in [3.8, 4) is 5.75 Å². The molecule has 0 bridgehead atoms. The number of rotatable bonds is 3. The molecule has 88 valence electrons. The predicted octanol–water partition coefficient (Wildman–Crippen LogP) is 2.25. The van der Waals surface area contributed by atoms with Gasteiger partial charge in [0.25, 0.3) is 0 Å². The third-order valence-corrected chi connectivity index (χ3v) is 3.04. The highest BCUT2D eigenvalue weighted by Crippen LogP contribution is 2.25. The van der Waals surface area contributed by atoms with Crippen LogP contribution in [-0.4, -0.2) is 26.2 Å². The fourth-order valence-corrected chi connectivity index (χ4v) is 2.15. The van der Waals surface area contributed by atoms with Crippen molar-refractivity contribution in [2.45, 2.75) is 25.3 Å². The summed E-state index contributed by atoms with van der Waals surface area (Å²) in [4.78, 5) is 0. The van der Waals surface area contributed by atoms with E-state index in [9.17, 15) is 0 Å². The highest BCUT2D eigenvalue weighted by molar-refractivity contribution is 5.56. The van der Waals surface area contributed by atoms with Crippen LogP contribution in [-0.2, 0) is 0 Å². The standard InChI is InChI=1S/C13H20N2O/c1-16-13-7-3-2-6-12(13)15-11-5-4-9-14-10-8-11/h2-3,6-7,11,14-15H,4-5,8-10H2,1H3. The van der Waals surface area contributed by atoms with Gasteiger partial charge in [-0.05, 0) is 44.5 Å². The zero-order chi connectivity index (χ0) is 11.2. The van der Waals surface area contributed by atoms with Crippen molar-refractivity contribution >= 4 is 5.69 Å². The van der Waals surface area contributed by atoms with E-state index in [0.29, 0.717) is 6.04 Å². The first kappa shape index (κ1) is 11.3. The van der Waals surface area contributed by atoms with Crippen LogP contribution >= 0.6 is 0 Å². The normalized spacial score (nSPS) is 21.2. The van der Waals surface area contributed by atoms with Gasteiger partial charge in [0.15, 0.2) is 0 Å². The van der Waals surface area contributed by atoms with Crippen molar-refractivity contribution in [1.82, 2.24) is 5.32 Å². The minimum Gasteiger partial charge on any atom is -0.495 e. The topological polar surface area (TPSA) is 33.3 Å². The van der Waals surface area contributed by atoms with Crippen molar-refractivity contribution in [3.05, 3.63) is 24.3 Å². The van der Waals surface area contributed by atoms with Gasteiger partial charge in [-0.25, -0.2) is 0 Å². The van der Waals surface area contributed by atoms with E-state index < -0.39 is 0 Å². The number of para-hydroxylation sites is 2. The van der Waals surface area contributed by atoms with Crippen LogP contribution in [0.1, 0.15) is 19.3 Å². The maximum atomic E-state index is 5.34. The maximum absolute atomic E-state index is 5.34. The molecule has 0 aromatic heterocycles. The van der Waals surface area contributed by atoms with Gasteiger partial charge in [-0.15, -0.1) is 0 Å². The van der Waals surface area contributed by atoms with Gasteiger partial charge < -0.3 is 15.4 Å². The number of anilines is 1. The number of benzene rings is 1. The second-order valence-electron chi connectivity index (χ2n) is 4.22. The highest BCUT2D eigenvalue weighted by atomic mass is 16.5. The van der Waals surface area contributed by atoms with E-state index in [4.69, 9.17) is 4.74 Å². The van der Waals surface area contributed by atoms with E-state index in [1.54, 1.807) is 7.11 Å². The molecule has 1 saturated heterocycles. The zero-order valence-electron chi connectivity index (χ0n) is 9.83. The molecule has 1 fully saturated rings. The maximum Gasteiger partial charge on any atom is 0.141 e. The number of methoxy groups -OCH3 is 1. The monoisotopic (exact) mass is 220 g/mol. The van der Waals surface area contributed by atoms with Crippen LogP contribution in [0.25, 0.3) is 0 Å². The average molecular weight is 220 g/mol. The van der Waals surface area contributed by atoms with Crippen molar-refractivity contribution in [3.63, 3.8) is 0 Å². The lowest BCUT2D eigenvalue weighted by molar-refractivity contribution is 0.415. The summed E-state index contributed by atoms with van der Waals surface area (Å²) in [5, 5.41) is 7.00. The Labute approximate surface area is 97.2 Å². The van der Waals surface area contributed by atoms with E-state index in [0.717, 1.165) is 24.5 Å². The summed E-state index contributed by atoms with van der Waals surface area (Å²) in [6.45, 7) is 2.25. The molecule has 0 saturated carbocycles. The molecule has 0 aliphatic carbocycles. The van der Waals surface area contributed by atoms with E-state index in [1.165, 1.54) is 19.3 Å². The summed E-state index contributed by atoms with van der Waals surface area (Å²) in [5.74, 6) is 0.930. The molecule has 1 aromatic rings. The van der Waals surface area contributed by atoms with Gasteiger partial charge in [0.1, 0.15) is 5.75 Å². The van der Waals surface area contributed by atoms with Gasteiger partial charge in [-0.1, -0.05) is 12.1 Å². The predicted molar refractivity (Wildman–Crippen MR) is 67.1 cm³/mol. The summed E-state index contributed by atoms with van der Waals surface area (Å²) in [6, 6.07) is 8.68. The lowest BCUT2D eigenvalue weighted by Gasteiger charge is -2.19. The molecule has 2 N–H and O–H groups in total. The molecule has 1 aliphatic rings. The van der Waals surface area contributed by atoms with Crippen LogP contribution in [0, 0.1) is 0 Å². The van der Waals surface area contributed by atoms with Crippen molar-refractivity contribution in [2.75, 3.05) is 25.5 Å². The quantitative estimate of drug-likeness (QED) is 0.819. The lowest BCUT2D eigenvalue weighted by atomic mass is 10.1. The molecule has 3 nitrogen and oxygen atoms in total. The van der Waals surface area contributed by atoms with Gasteiger partial charge in [-0.3, -0.25) is 0 Å². The van der Waals surface area contributed by atoms with Crippen molar-refractivity contribution in [1.29, 1.82) is 0 Å². The molecule has 1 atom stereocenters. The molecule has 3 heteroatoms. The molecule has 1 heterocycles. The molecule has 1 aromatic carbocycles. The molecular weight excluding hydrogens is 200 g/mol. The van der Waals surface area contributed by atoms with E-state index in [1.807, 2.05) is 18.2 Å². The highest BCUT2D eigenvalue weighted by Gasteiger charge is 2.12. The largest absolute Gasteiger partial charge is 0.495 e. The fourth-order valence-electron chi connectivity index (χ4n) is 2.15. The van der Waals surface area contributed by atoms with Crippen LogP contribution in [0.4, 0.5) is 5.69 Å². The number of hydrogen-bond acceptors (Lipinski definition) is 3. The summed E-state index contributed by atoms with van der Waals surface area (Å²) < 4.78 is 5.34. The third-order valence-electron chi connectivity index (χ3n) is 3.04. The number of hydrogen-bond donors (Lipinski definition) is 2. The molecular formula is C13H20N2O. The van der Waals surface area contributed by atoms with Crippen LogP contribution < -0.4 is 15.4 Å². The van der Waals surface area contributed by atoms with Crippen molar-refractivity contribution < 1.29 is 4.74 Å². The zero-order valence-corrected chi connectivity index (χ0v) is 9.83. The van der Waals surface area contributed by atoms with Crippen molar-refractivity contribution in [2.24, 2.45) is 0 Å². The first-order chi connectivity index (χ1) is 7.90. The summed E-state index contributed by atoms with van der Waals surface area (Å²) in [7, 11) is 1.72. The third kappa shape index (κ3) is 2.89. The molecule has 1 unspecified atom stereocenters. The van der Waals surface area contributed by atoms with E-state index in [2.05, 4.69) is 16.7 Å². The molecule has 1 aliphatic heterocycles. The molecule has 16 heavy (non-hydrogen) atoms. The Kier molecular flexibility index (Phi) is 4.05. The van der Waals surface area contributed by atoms with Gasteiger partial charge >= 0.3 is 0 Å². The Morgan fingerprint density at radius 2 is 2.12 bits per heavy atom. The van der Waals surface area contributed by atoms with E-state index >= 15 is 0 Å². The van der Waals surface area contributed by atoms with Crippen LogP contribution in [0.2, 0.25) is 0 Å². The molecule has 0 radical (unpaired) electrons. The Hall–Kier alpha value is -1.22. The summed E-state index contributed by atoms with van der Waals surface area (Å²) in [6.07, 6.45) is 3.65. The SMILES string of the molecule is COc1ccccc1NC1CCCNCC1. The second kappa shape index (κ2) is 5.75. The smallest absolute Gasteiger partial charge is 0.141 e. The molecule has 2 rings (SSSR count). The minimum absolute atomic E-state index is 0.561. The first-order valence-corrected chi connectivity index (χ1v) is 6.00. The Balaban J connectivity index is 2.01. The Bertz CT molecular complexity index is 319. The van der Waals surface area contributed by atoms with Gasteiger partial charge in [0, 0.05) is 6.04 Å². The lowest BCUT2D eigenvalue weighted by Crippen LogP contribution is -2.21. The number of ether oxygens (including phenoxy) is 1. The van der Waals surface area contributed by atoms with Gasteiger partial charge in [0.2, 0.25) is 0 Å². The summed E-state index contributed by atoms with van der Waals surface area (Å²) in [5.41, 5.74) is 1.11. The van der Waals surface area contributed by atoms with Crippen LogP contribution in [0.3, 0.4) is 0 Å².